The summed E-state index contributed by atoms with van der Waals surface area (Å²) in [7, 11) is -1.01. The molecule has 6 aromatic carbocycles. The molecule has 0 bridgehead atoms. The number of benzene rings is 4. The zero-order valence-electron chi connectivity index (χ0n) is 22.8. The first-order chi connectivity index (χ1) is 19.8. The third-order valence-corrected chi connectivity index (χ3v) is 11.6. The van der Waals surface area contributed by atoms with Gasteiger partial charge in [-0.1, -0.05) is 132 Å². The van der Waals surface area contributed by atoms with Gasteiger partial charge in [-0.05, 0) is 24.6 Å². The van der Waals surface area contributed by atoms with Crippen LogP contribution in [0.4, 0.5) is 0 Å². The second-order valence-corrected chi connectivity index (χ2v) is 13.8. The van der Waals surface area contributed by atoms with Crippen molar-refractivity contribution >= 4 is 47.7 Å². The molecule has 0 aliphatic rings. The van der Waals surface area contributed by atoms with Gasteiger partial charge in [-0.15, -0.1) is 10.9 Å². The molecule has 2 nitrogen and oxygen atoms in total. The fourth-order valence-corrected chi connectivity index (χ4v) is 9.60. The molecule has 6 aromatic rings. The summed E-state index contributed by atoms with van der Waals surface area (Å²) in [5, 5.41) is 8.21. The Labute approximate surface area is 257 Å². The smallest absolute Gasteiger partial charge is 0.000872 e. The minimum absolute atomic E-state index is 0. The summed E-state index contributed by atoms with van der Waals surface area (Å²) in [4.78, 5) is 0. The standard InChI is InChI=1S/C19H20N2P.C17H14P.Fe/c20-14-18(21)17-12-7-13-19(17)22(15-8-3-1-4-9-15)16-10-5-2-6-11-16;1-3-9-15(10-4-1)18(17-13-7-8-14-17)16-11-5-2-6-12-16;/h1-13,18H,14,20-21H2;1-14H;/q-1;-5;. The predicted octanol–water partition coefficient (Wildman–Crippen LogP) is 5.28. The predicted molar refractivity (Wildman–Crippen MR) is 177 cm³/mol. The monoisotopic (exact) mass is 612 g/mol. The van der Waals surface area contributed by atoms with Crippen molar-refractivity contribution in [3.63, 3.8) is 0 Å². The van der Waals surface area contributed by atoms with Gasteiger partial charge >= 0.3 is 0 Å². The van der Waals surface area contributed by atoms with Crippen LogP contribution < -0.4 is 43.3 Å². The molecular weight excluding hydrogens is 578 g/mol. The van der Waals surface area contributed by atoms with Crippen molar-refractivity contribution in [3.05, 3.63) is 169 Å². The van der Waals surface area contributed by atoms with Gasteiger partial charge in [0.05, 0.1) is 0 Å². The van der Waals surface area contributed by atoms with E-state index >= 15 is 0 Å². The van der Waals surface area contributed by atoms with E-state index in [0.717, 1.165) is 0 Å². The van der Waals surface area contributed by atoms with Crippen molar-refractivity contribution < 1.29 is 17.1 Å². The van der Waals surface area contributed by atoms with Gasteiger partial charge < -0.3 is 41.0 Å². The van der Waals surface area contributed by atoms with Crippen LogP contribution in [0.25, 0.3) is 0 Å². The SMILES string of the molecule is NCC(N)[c-]1cccc1P(c1ccccc1)c1ccccc1.[Fe].c1ccc(P(c2ccccc2)[c-]2[cH-][cH-][cH-][cH-]2)cc1. The summed E-state index contributed by atoms with van der Waals surface area (Å²) >= 11 is 0. The van der Waals surface area contributed by atoms with Crippen molar-refractivity contribution in [2.45, 2.75) is 6.04 Å². The summed E-state index contributed by atoms with van der Waals surface area (Å²) in [6.07, 6.45) is 0. The molecule has 6 rings (SSSR count). The van der Waals surface area contributed by atoms with E-state index in [9.17, 15) is 0 Å². The minimum Gasteiger partial charge on any atom is -0.747 e. The van der Waals surface area contributed by atoms with Crippen molar-refractivity contribution in [2.75, 3.05) is 6.54 Å². The Balaban J connectivity index is 0.000000188. The molecule has 1 unspecified atom stereocenters. The molecule has 0 aromatic heterocycles. The molecule has 212 valence electrons. The average molecular weight is 612 g/mol. The van der Waals surface area contributed by atoms with Crippen LogP contribution >= 0.6 is 15.8 Å². The van der Waals surface area contributed by atoms with E-state index in [1.807, 2.05) is 0 Å². The van der Waals surface area contributed by atoms with Gasteiger partial charge in [0.15, 0.2) is 0 Å². The molecule has 0 radical (unpaired) electrons. The summed E-state index contributed by atoms with van der Waals surface area (Å²) < 4.78 is 0. The van der Waals surface area contributed by atoms with E-state index in [1.54, 1.807) is 0 Å². The fourth-order valence-electron chi connectivity index (χ4n) is 4.76. The molecule has 0 saturated heterocycles. The summed E-state index contributed by atoms with van der Waals surface area (Å²) in [5.41, 5.74) is 13.2. The maximum atomic E-state index is 6.22. The minimum atomic E-state index is -0.603. The summed E-state index contributed by atoms with van der Waals surface area (Å²) in [6, 6.07) is 57.8. The van der Waals surface area contributed by atoms with Gasteiger partial charge in [0.2, 0.25) is 0 Å². The second-order valence-electron chi connectivity index (χ2n) is 9.36. The second kappa shape index (κ2) is 15.8. The molecule has 4 N–H and O–H groups in total. The molecule has 0 amide bonds. The quantitative estimate of drug-likeness (QED) is 0.140. The Morgan fingerprint density at radius 2 is 1.00 bits per heavy atom. The van der Waals surface area contributed by atoms with Gasteiger partial charge in [-0.3, -0.25) is 0 Å². The fraction of sp³-hybridized carbons (Fsp3) is 0.0556. The third-order valence-electron chi connectivity index (χ3n) is 6.68. The molecule has 1 atom stereocenters. The van der Waals surface area contributed by atoms with Crippen LogP contribution in [0, 0.1) is 0 Å². The molecule has 0 aliphatic heterocycles. The number of nitrogens with two attached hydrogens (primary N) is 2. The molecule has 41 heavy (non-hydrogen) atoms. The topological polar surface area (TPSA) is 52.0 Å². The number of hydrogen-bond acceptors (Lipinski definition) is 2. The van der Waals surface area contributed by atoms with E-state index in [-0.39, 0.29) is 23.1 Å². The van der Waals surface area contributed by atoms with E-state index in [2.05, 4.69) is 164 Å². The summed E-state index contributed by atoms with van der Waals surface area (Å²) in [6.45, 7) is 0.462. The first-order valence-electron chi connectivity index (χ1n) is 13.5. The molecule has 0 aliphatic carbocycles. The first-order valence-corrected chi connectivity index (χ1v) is 16.2. The van der Waals surface area contributed by atoms with E-state index < -0.39 is 15.8 Å². The molecule has 5 heteroatoms. The van der Waals surface area contributed by atoms with Crippen molar-refractivity contribution in [1.29, 1.82) is 0 Å². The van der Waals surface area contributed by atoms with Crippen LogP contribution in [0.5, 0.6) is 0 Å². The molecule has 0 heterocycles. The maximum absolute atomic E-state index is 6.22. The Hall–Kier alpha value is -3.12. The Bertz CT molecular complexity index is 1460. The third kappa shape index (κ3) is 7.79. The molecule has 0 saturated carbocycles. The van der Waals surface area contributed by atoms with Crippen LogP contribution in [-0.4, -0.2) is 6.54 Å². The maximum Gasteiger partial charge on any atom is 0.000872 e. The molecule has 0 spiro atoms. The van der Waals surface area contributed by atoms with Crippen LogP contribution in [0.1, 0.15) is 11.6 Å². The Morgan fingerprint density at radius 3 is 1.41 bits per heavy atom. The molecule has 0 fully saturated rings. The zero-order valence-corrected chi connectivity index (χ0v) is 25.7. The average Bonchev–Trinajstić information content (AvgIpc) is 3.73. The van der Waals surface area contributed by atoms with E-state index in [1.165, 1.54) is 37.4 Å². The molecular formula is C36H34FeN2P2-6. The number of rotatable bonds is 8. The van der Waals surface area contributed by atoms with Gasteiger partial charge in [-0.2, -0.15) is 6.07 Å². The van der Waals surface area contributed by atoms with Gasteiger partial charge in [0, 0.05) is 23.6 Å². The van der Waals surface area contributed by atoms with Crippen LogP contribution in [0.15, 0.2) is 164 Å². The normalized spacial score (nSPS) is 11.4. The van der Waals surface area contributed by atoms with Crippen LogP contribution in [0.3, 0.4) is 0 Å². The first kappa shape index (κ1) is 30.8. The van der Waals surface area contributed by atoms with Crippen molar-refractivity contribution in [3.8, 4) is 0 Å². The van der Waals surface area contributed by atoms with Gasteiger partial charge in [0.1, 0.15) is 0 Å². The van der Waals surface area contributed by atoms with E-state index in [4.69, 9.17) is 11.5 Å². The van der Waals surface area contributed by atoms with Crippen LogP contribution in [-0.2, 0) is 17.1 Å². The summed E-state index contributed by atoms with van der Waals surface area (Å²) in [5.74, 6) is 0. The van der Waals surface area contributed by atoms with Gasteiger partial charge in [-0.25, -0.2) is 20.1 Å². The van der Waals surface area contributed by atoms with E-state index in [0.29, 0.717) is 6.54 Å². The Morgan fingerprint density at radius 1 is 0.585 bits per heavy atom. The van der Waals surface area contributed by atoms with Crippen LogP contribution in [0.2, 0.25) is 0 Å². The van der Waals surface area contributed by atoms with Crippen molar-refractivity contribution in [1.82, 2.24) is 0 Å². The van der Waals surface area contributed by atoms with Gasteiger partial charge in [0.25, 0.3) is 0 Å². The van der Waals surface area contributed by atoms with Crippen molar-refractivity contribution in [2.24, 2.45) is 11.5 Å². The largest absolute Gasteiger partial charge is 0.747 e. The zero-order chi connectivity index (χ0) is 27.6. The number of hydrogen-bond donors (Lipinski definition) is 2. The Kier molecular flexibility index (Phi) is 11.9.